The van der Waals surface area contributed by atoms with Crippen LogP contribution in [0.15, 0.2) is 35.1 Å². The number of carbonyl (C=O) groups is 1. The van der Waals surface area contributed by atoms with E-state index in [0.29, 0.717) is 6.54 Å². The standard InChI is InChI=1S/C24H27N3O2/c1-14-5-6-16(3)21(11-14)25-22(28)13-27-10-9-20-19(12-27)24(29)18-8-7-15(2)17(4)23(18)26-20/h5-8,11H,9-10,12-13H2,1-4H3,(H,25,28)(H,26,29). The van der Waals surface area contributed by atoms with Crippen molar-refractivity contribution in [1.29, 1.82) is 0 Å². The number of nitrogens with one attached hydrogen (secondary N) is 2. The molecule has 4 rings (SSSR count). The number of aromatic amines is 1. The molecule has 2 N–H and O–H groups in total. The van der Waals surface area contributed by atoms with Crippen molar-refractivity contribution in [3.8, 4) is 0 Å². The van der Waals surface area contributed by atoms with Gasteiger partial charge in [0.1, 0.15) is 0 Å². The number of fused-ring (bicyclic) bond motifs is 2. The van der Waals surface area contributed by atoms with E-state index in [-0.39, 0.29) is 17.9 Å². The summed E-state index contributed by atoms with van der Waals surface area (Å²) in [6.07, 6.45) is 0.741. The zero-order valence-electron chi connectivity index (χ0n) is 17.5. The number of amides is 1. The first-order valence-corrected chi connectivity index (χ1v) is 10.1. The molecule has 0 unspecified atom stereocenters. The molecule has 0 fully saturated rings. The van der Waals surface area contributed by atoms with Gasteiger partial charge in [0.2, 0.25) is 5.91 Å². The van der Waals surface area contributed by atoms with Gasteiger partial charge < -0.3 is 10.3 Å². The monoisotopic (exact) mass is 389 g/mol. The summed E-state index contributed by atoms with van der Waals surface area (Å²) < 4.78 is 0. The number of pyridine rings is 1. The maximum Gasteiger partial charge on any atom is 0.238 e. The van der Waals surface area contributed by atoms with E-state index in [1.807, 2.05) is 56.0 Å². The van der Waals surface area contributed by atoms with Crippen molar-refractivity contribution in [2.75, 3.05) is 18.4 Å². The number of hydrogen-bond donors (Lipinski definition) is 2. The maximum atomic E-state index is 13.1. The highest BCUT2D eigenvalue weighted by molar-refractivity contribution is 5.93. The van der Waals surface area contributed by atoms with Crippen LogP contribution < -0.4 is 10.7 Å². The highest BCUT2D eigenvalue weighted by Crippen LogP contribution is 2.22. The van der Waals surface area contributed by atoms with Gasteiger partial charge in [-0.05, 0) is 62.1 Å². The quantitative estimate of drug-likeness (QED) is 0.717. The van der Waals surface area contributed by atoms with Crippen LogP contribution >= 0.6 is 0 Å². The fourth-order valence-corrected chi connectivity index (χ4v) is 4.04. The second-order valence-corrected chi connectivity index (χ2v) is 8.17. The minimum atomic E-state index is -0.0502. The van der Waals surface area contributed by atoms with Gasteiger partial charge in [-0.1, -0.05) is 18.2 Å². The minimum Gasteiger partial charge on any atom is -0.358 e. The van der Waals surface area contributed by atoms with Crippen LogP contribution in [0.5, 0.6) is 0 Å². The molecule has 0 saturated carbocycles. The van der Waals surface area contributed by atoms with E-state index in [9.17, 15) is 9.59 Å². The first kappa shape index (κ1) is 19.4. The molecule has 0 saturated heterocycles. The molecule has 0 aliphatic carbocycles. The Morgan fingerprint density at radius 2 is 1.86 bits per heavy atom. The summed E-state index contributed by atoms with van der Waals surface area (Å²) in [5, 5.41) is 3.74. The van der Waals surface area contributed by atoms with E-state index < -0.39 is 0 Å². The molecule has 2 heterocycles. The molecule has 1 aliphatic heterocycles. The molecule has 1 amide bonds. The topological polar surface area (TPSA) is 65.2 Å². The zero-order valence-corrected chi connectivity index (χ0v) is 17.5. The Labute approximate surface area is 170 Å². The Balaban J connectivity index is 1.55. The predicted molar refractivity (Wildman–Crippen MR) is 118 cm³/mol. The largest absolute Gasteiger partial charge is 0.358 e. The van der Waals surface area contributed by atoms with Crippen LogP contribution in [0.25, 0.3) is 10.9 Å². The minimum absolute atomic E-state index is 0.0502. The lowest BCUT2D eigenvalue weighted by atomic mass is 9.99. The second-order valence-electron chi connectivity index (χ2n) is 8.17. The van der Waals surface area contributed by atoms with Gasteiger partial charge in [0.15, 0.2) is 5.43 Å². The predicted octanol–water partition coefficient (Wildman–Crippen LogP) is 3.76. The Hall–Kier alpha value is -2.92. The van der Waals surface area contributed by atoms with Crippen molar-refractivity contribution in [2.24, 2.45) is 0 Å². The number of H-pyrrole nitrogens is 1. The lowest BCUT2D eigenvalue weighted by molar-refractivity contribution is -0.117. The van der Waals surface area contributed by atoms with Gasteiger partial charge in [0, 0.05) is 41.8 Å². The van der Waals surface area contributed by atoms with Crippen molar-refractivity contribution in [3.05, 3.63) is 74.1 Å². The van der Waals surface area contributed by atoms with Gasteiger partial charge in [-0.25, -0.2) is 0 Å². The molecule has 0 bridgehead atoms. The zero-order chi connectivity index (χ0) is 20.7. The summed E-state index contributed by atoms with van der Waals surface area (Å²) >= 11 is 0. The summed E-state index contributed by atoms with van der Waals surface area (Å²) in [5.41, 5.74) is 8.11. The molecule has 1 aliphatic rings. The number of anilines is 1. The maximum absolute atomic E-state index is 13.1. The molecular formula is C24H27N3O2. The van der Waals surface area contributed by atoms with Crippen LogP contribution in [0.3, 0.4) is 0 Å². The normalized spacial score (nSPS) is 14.1. The van der Waals surface area contributed by atoms with Crippen LogP contribution in [0.1, 0.15) is 33.5 Å². The van der Waals surface area contributed by atoms with Crippen molar-refractivity contribution < 1.29 is 4.79 Å². The Morgan fingerprint density at radius 3 is 2.66 bits per heavy atom. The summed E-state index contributed by atoms with van der Waals surface area (Å²) in [4.78, 5) is 31.2. The molecule has 29 heavy (non-hydrogen) atoms. The molecular weight excluding hydrogens is 362 g/mol. The van der Waals surface area contributed by atoms with Crippen LogP contribution in [-0.4, -0.2) is 28.9 Å². The number of hydrogen-bond acceptors (Lipinski definition) is 3. The number of aryl methyl sites for hydroxylation is 4. The number of benzene rings is 2. The first-order valence-electron chi connectivity index (χ1n) is 10.1. The molecule has 5 nitrogen and oxygen atoms in total. The van der Waals surface area contributed by atoms with Gasteiger partial charge in [-0.3, -0.25) is 14.5 Å². The number of nitrogens with zero attached hydrogens (tertiary/aromatic N) is 1. The SMILES string of the molecule is Cc1ccc(C)c(NC(=O)CN2CCc3[nH]c4c(C)c(C)ccc4c(=O)c3C2)c1. The van der Waals surface area contributed by atoms with Gasteiger partial charge in [-0.15, -0.1) is 0 Å². The first-order chi connectivity index (χ1) is 13.8. The molecule has 1 aromatic heterocycles. The summed E-state index contributed by atoms with van der Waals surface area (Å²) in [7, 11) is 0. The van der Waals surface area contributed by atoms with Crippen LogP contribution in [0.2, 0.25) is 0 Å². The molecule has 3 aromatic rings. The fraction of sp³-hybridized carbons (Fsp3) is 0.333. The Kier molecular flexibility index (Phi) is 5.01. The van der Waals surface area contributed by atoms with Gasteiger partial charge in [0.05, 0.1) is 12.1 Å². The van der Waals surface area contributed by atoms with E-state index in [0.717, 1.165) is 57.5 Å². The molecule has 5 heteroatoms. The van der Waals surface area contributed by atoms with E-state index in [1.54, 1.807) is 0 Å². The Bertz CT molecular complexity index is 1180. The third kappa shape index (κ3) is 3.70. The smallest absolute Gasteiger partial charge is 0.238 e. The summed E-state index contributed by atoms with van der Waals surface area (Å²) in [5.74, 6) is -0.0502. The van der Waals surface area contributed by atoms with Gasteiger partial charge >= 0.3 is 0 Å². The van der Waals surface area contributed by atoms with E-state index in [2.05, 4.69) is 17.2 Å². The average Bonchev–Trinajstić information content (AvgIpc) is 2.68. The van der Waals surface area contributed by atoms with Gasteiger partial charge in [0.25, 0.3) is 0 Å². The fourth-order valence-electron chi connectivity index (χ4n) is 4.04. The van der Waals surface area contributed by atoms with Crippen molar-refractivity contribution in [2.45, 2.75) is 40.7 Å². The van der Waals surface area contributed by atoms with Crippen molar-refractivity contribution in [1.82, 2.24) is 9.88 Å². The molecule has 0 atom stereocenters. The Morgan fingerprint density at radius 1 is 1.10 bits per heavy atom. The average molecular weight is 389 g/mol. The molecule has 0 radical (unpaired) electrons. The third-order valence-electron chi connectivity index (χ3n) is 5.99. The van der Waals surface area contributed by atoms with Crippen LogP contribution in [-0.2, 0) is 17.8 Å². The highest BCUT2D eigenvalue weighted by Gasteiger charge is 2.23. The van der Waals surface area contributed by atoms with Gasteiger partial charge in [-0.2, -0.15) is 0 Å². The summed E-state index contributed by atoms with van der Waals surface area (Å²) in [6.45, 7) is 9.62. The van der Waals surface area contributed by atoms with Crippen LogP contribution in [0, 0.1) is 27.7 Å². The van der Waals surface area contributed by atoms with E-state index in [1.165, 1.54) is 5.56 Å². The number of rotatable bonds is 3. The van der Waals surface area contributed by atoms with E-state index in [4.69, 9.17) is 0 Å². The third-order valence-corrected chi connectivity index (χ3v) is 5.99. The molecule has 2 aromatic carbocycles. The lowest BCUT2D eigenvalue weighted by Gasteiger charge is -2.28. The van der Waals surface area contributed by atoms with E-state index >= 15 is 0 Å². The summed E-state index contributed by atoms with van der Waals surface area (Å²) in [6, 6.07) is 9.93. The lowest BCUT2D eigenvalue weighted by Crippen LogP contribution is -2.39. The molecule has 150 valence electrons. The van der Waals surface area contributed by atoms with Crippen LogP contribution in [0.4, 0.5) is 5.69 Å². The van der Waals surface area contributed by atoms with Crippen molar-refractivity contribution >= 4 is 22.5 Å². The number of carbonyl (C=O) groups excluding carboxylic acids is 1. The highest BCUT2D eigenvalue weighted by atomic mass is 16.2. The second kappa shape index (κ2) is 7.48. The number of aromatic nitrogens is 1. The van der Waals surface area contributed by atoms with Crippen molar-refractivity contribution in [3.63, 3.8) is 0 Å². The molecule has 0 spiro atoms.